The van der Waals surface area contributed by atoms with E-state index in [2.05, 4.69) is 5.32 Å². The number of piperidine rings is 1. The lowest BCUT2D eigenvalue weighted by Gasteiger charge is -2.34. The second-order valence-corrected chi connectivity index (χ2v) is 5.21. The van der Waals surface area contributed by atoms with Gasteiger partial charge in [0.2, 0.25) is 0 Å². The van der Waals surface area contributed by atoms with Crippen LogP contribution in [-0.4, -0.2) is 41.3 Å². The number of nitrogens with zero attached hydrogens (tertiary/aromatic N) is 1. The Bertz CT molecular complexity index is 251. The Morgan fingerprint density at radius 2 is 2.00 bits per heavy atom. The van der Waals surface area contributed by atoms with Crippen LogP contribution in [0.1, 0.15) is 39.0 Å². The number of carbonyl (C=O) groups excluding carboxylic acids is 1. The van der Waals surface area contributed by atoms with Gasteiger partial charge < -0.3 is 15.3 Å². The summed E-state index contributed by atoms with van der Waals surface area (Å²) < 4.78 is 0. The Morgan fingerprint density at radius 1 is 1.31 bits per heavy atom. The Labute approximate surface area is 97.0 Å². The fraction of sp³-hybridized carbons (Fsp3) is 0.917. The summed E-state index contributed by atoms with van der Waals surface area (Å²) in [6.45, 7) is 3.30. The SMILES string of the molecule is CC1CCN(C(=O)NC2CCCC2)CC1O. The minimum Gasteiger partial charge on any atom is -0.391 e. The van der Waals surface area contributed by atoms with E-state index >= 15 is 0 Å². The van der Waals surface area contributed by atoms with Crippen molar-refractivity contribution in [3.05, 3.63) is 0 Å². The van der Waals surface area contributed by atoms with Crippen LogP contribution in [0.15, 0.2) is 0 Å². The Hall–Kier alpha value is -0.770. The van der Waals surface area contributed by atoms with Gasteiger partial charge in [-0.3, -0.25) is 0 Å². The minimum absolute atomic E-state index is 0.0119. The first-order chi connectivity index (χ1) is 7.66. The molecule has 16 heavy (non-hydrogen) atoms. The molecule has 1 saturated carbocycles. The fourth-order valence-electron chi connectivity index (χ4n) is 2.57. The number of hydrogen-bond donors (Lipinski definition) is 2. The van der Waals surface area contributed by atoms with Crippen LogP contribution < -0.4 is 5.32 Å². The van der Waals surface area contributed by atoms with Gasteiger partial charge >= 0.3 is 6.03 Å². The summed E-state index contributed by atoms with van der Waals surface area (Å²) in [7, 11) is 0. The molecule has 92 valence electrons. The topological polar surface area (TPSA) is 52.6 Å². The summed E-state index contributed by atoms with van der Waals surface area (Å²) in [5.41, 5.74) is 0. The van der Waals surface area contributed by atoms with Crippen LogP contribution in [0.25, 0.3) is 0 Å². The number of amides is 2. The number of hydrogen-bond acceptors (Lipinski definition) is 2. The van der Waals surface area contributed by atoms with Crippen molar-refractivity contribution >= 4 is 6.03 Å². The van der Waals surface area contributed by atoms with Crippen LogP contribution in [0.2, 0.25) is 0 Å². The lowest BCUT2D eigenvalue weighted by atomic mass is 9.96. The number of aliphatic hydroxyl groups excluding tert-OH is 1. The lowest BCUT2D eigenvalue weighted by molar-refractivity contribution is 0.0430. The van der Waals surface area contributed by atoms with Gasteiger partial charge in [-0.1, -0.05) is 19.8 Å². The van der Waals surface area contributed by atoms with Crippen LogP contribution in [0.4, 0.5) is 4.79 Å². The second kappa shape index (κ2) is 5.04. The summed E-state index contributed by atoms with van der Waals surface area (Å²) >= 11 is 0. The molecule has 0 aromatic carbocycles. The van der Waals surface area contributed by atoms with Crippen molar-refractivity contribution in [1.82, 2.24) is 10.2 Å². The molecule has 2 N–H and O–H groups in total. The molecule has 2 rings (SSSR count). The summed E-state index contributed by atoms with van der Waals surface area (Å²) in [4.78, 5) is 13.7. The average molecular weight is 226 g/mol. The molecule has 2 aliphatic rings. The molecule has 0 aromatic rings. The zero-order chi connectivity index (χ0) is 11.5. The quantitative estimate of drug-likeness (QED) is 0.709. The van der Waals surface area contributed by atoms with Crippen LogP contribution in [0.3, 0.4) is 0 Å². The van der Waals surface area contributed by atoms with Crippen LogP contribution in [0.5, 0.6) is 0 Å². The third kappa shape index (κ3) is 2.67. The van der Waals surface area contributed by atoms with E-state index < -0.39 is 0 Å². The Balaban J connectivity index is 1.80. The molecule has 0 spiro atoms. The number of carbonyl (C=O) groups is 1. The number of rotatable bonds is 1. The monoisotopic (exact) mass is 226 g/mol. The van der Waals surface area contributed by atoms with E-state index in [0.717, 1.165) is 25.8 Å². The highest BCUT2D eigenvalue weighted by Gasteiger charge is 2.28. The second-order valence-electron chi connectivity index (χ2n) is 5.21. The predicted molar refractivity (Wildman–Crippen MR) is 62.1 cm³/mol. The van der Waals surface area contributed by atoms with Gasteiger partial charge in [0.05, 0.1) is 6.10 Å². The molecule has 0 radical (unpaired) electrons. The molecule has 2 unspecified atom stereocenters. The average Bonchev–Trinajstić information content (AvgIpc) is 2.74. The highest BCUT2D eigenvalue weighted by Crippen LogP contribution is 2.20. The van der Waals surface area contributed by atoms with E-state index in [9.17, 15) is 9.90 Å². The van der Waals surface area contributed by atoms with Crippen molar-refractivity contribution in [1.29, 1.82) is 0 Å². The molecule has 1 heterocycles. The number of urea groups is 1. The number of aliphatic hydroxyl groups is 1. The molecule has 1 aliphatic carbocycles. The zero-order valence-corrected chi connectivity index (χ0v) is 9.98. The van der Waals surface area contributed by atoms with Crippen LogP contribution in [0, 0.1) is 5.92 Å². The van der Waals surface area contributed by atoms with Gasteiger partial charge in [0, 0.05) is 19.1 Å². The third-order valence-corrected chi connectivity index (χ3v) is 3.89. The molecular weight excluding hydrogens is 204 g/mol. The van der Waals surface area contributed by atoms with Crippen molar-refractivity contribution in [2.24, 2.45) is 5.92 Å². The van der Waals surface area contributed by atoms with E-state index in [1.54, 1.807) is 4.90 Å². The largest absolute Gasteiger partial charge is 0.391 e. The summed E-state index contributed by atoms with van der Waals surface area (Å²) in [5, 5.41) is 12.8. The van der Waals surface area contributed by atoms with Crippen molar-refractivity contribution in [2.45, 2.75) is 51.2 Å². The lowest BCUT2D eigenvalue weighted by Crippen LogP contribution is -2.51. The molecule has 1 saturated heterocycles. The normalized spacial score (nSPS) is 31.8. The van der Waals surface area contributed by atoms with E-state index in [1.165, 1.54) is 12.8 Å². The summed E-state index contributed by atoms with van der Waals surface area (Å²) in [6.07, 6.45) is 5.22. The fourth-order valence-corrected chi connectivity index (χ4v) is 2.57. The van der Waals surface area contributed by atoms with Gasteiger partial charge in [-0.2, -0.15) is 0 Å². The zero-order valence-electron chi connectivity index (χ0n) is 9.98. The molecule has 2 fully saturated rings. The molecule has 0 bridgehead atoms. The standard InChI is InChI=1S/C12H22N2O2/c1-9-6-7-14(8-11(9)15)12(16)13-10-4-2-3-5-10/h9-11,15H,2-8H2,1H3,(H,13,16). The van der Waals surface area contributed by atoms with Gasteiger partial charge in [-0.25, -0.2) is 4.79 Å². The van der Waals surface area contributed by atoms with Crippen LogP contribution in [-0.2, 0) is 0 Å². The highest BCUT2D eigenvalue weighted by atomic mass is 16.3. The summed E-state index contributed by atoms with van der Waals surface area (Å²) in [6, 6.07) is 0.377. The Kier molecular flexibility index (Phi) is 3.69. The van der Waals surface area contributed by atoms with E-state index in [-0.39, 0.29) is 12.1 Å². The minimum atomic E-state index is -0.358. The van der Waals surface area contributed by atoms with Gasteiger partial charge in [-0.15, -0.1) is 0 Å². The smallest absolute Gasteiger partial charge is 0.317 e. The van der Waals surface area contributed by atoms with Crippen molar-refractivity contribution in [3.8, 4) is 0 Å². The first-order valence-electron chi connectivity index (χ1n) is 6.40. The molecule has 4 heteroatoms. The molecule has 0 aromatic heterocycles. The van der Waals surface area contributed by atoms with E-state index in [0.29, 0.717) is 18.5 Å². The van der Waals surface area contributed by atoms with Gasteiger partial charge in [0.15, 0.2) is 0 Å². The molecule has 2 atom stereocenters. The van der Waals surface area contributed by atoms with Crippen LogP contribution >= 0.6 is 0 Å². The van der Waals surface area contributed by atoms with E-state index in [4.69, 9.17) is 0 Å². The molecular formula is C12H22N2O2. The van der Waals surface area contributed by atoms with Gasteiger partial charge in [0.1, 0.15) is 0 Å². The molecule has 2 amide bonds. The van der Waals surface area contributed by atoms with Crippen molar-refractivity contribution < 1.29 is 9.90 Å². The molecule has 1 aliphatic heterocycles. The van der Waals surface area contributed by atoms with Gasteiger partial charge in [0.25, 0.3) is 0 Å². The van der Waals surface area contributed by atoms with Crippen molar-refractivity contribution in [3.63, 3.8) is 0 Å². The number of likely N-dealkylation sites (tertiary alicyclic amines) is 1. The molecule has 4 nitrogen and oxygen atoms in total. The summed E-state index contributed by atoms with van der Waals surface area (Å²) in [5.74, 6) is 0.315. The first kappa shape index (κ1) is 11.7. The highest BCUT2D eigenvalue weighted by molar-refractivity contribution is 5.74. The predicted octanol–water partition coefficient (Wildman–Crippen LogP) is 1.34. The first-order valence-corrected chi connectivity index (χ1v) is 6.40. The van der Waals surface area contributed by atoms with E-state index in [1.807, 2.05) is 6.92 Å². The third-order valence-electron chi connectivity index (χ3n) is 3.89. The maximum atomic E-state index is 11.9. The maximum Gasteiger partial charge on any atom is 0.317 e. The number of β-amino-alcohol motifs (C(OH)–C–C–N with tert-alkyl or cyclic N) is 1. The van der Waals surface area contributed by atoms with Crippen molar-refractivity contribution in [2.75, 3.05) is 13.1 Å². The Morgan fingerprint density at radius 3 is 2.62 bits per heavy atom. The van der Waals surface area contributed by atoms with Gasteiger partial charge in [-0.05, 0) is 25.2 Å². The number of nitrogens with one attached hydrogen (secondary N) is 1. The maximum absolute atomic E-state index is 11.9.